The van der Waals surface area contributed by atoms with Gasteiger partial charge in [-0.1, -0.05) is 20.8 Å². The van der Waals surface area contributed by atoms with E-state index in [0.29, 0.717) is 5.92 Å². The third kappa shape index (κ3) is 3.70. The highest BCUT2D eigenvalue weighted by Crippen LogP contribution is 2.55. The lowest BCUT2D eigenvalue weighted by molar-refractivity contribution is -0.0839. The zero-order valence-electron chi connectivity index (χ0n) is 16.3. The summed E-state index contributed by atoms with van der Waals surface area (Å²) < 4.78 is 6.05. The van der Waals surface area contributed by atoms with Crippen molar-refractivity contribution in [3.63, 3.8) is 0 Å². The van der Waals surface area contributed by atoms with Crippen molar-refractivity contribution >= 4 is 6.03 Å². The summed E-state index contributed by atoms with van der Waals surface area (Å²) in [6, 6.07) is 0.0557. The SMILES string of the molecule is CC(C)(C)[C@H]1OCCC[C@H]1CNC(=O)NC12CC3CC(CC(C3)C1)C2. The van der Waals surface area contributed by atoms with Gasteiger partial charge in [-0.15, -0.1) is 0 Å². The third-order valence-electron chi connectivity index (χ3n) is 7.24. The van der Waals surface area contributed by atoms with Crippen molar-refractivity contribution in [3.05, 3.63) is 0 Å². The molecule has 4 saturated carbocycles. The molecule has 5 rings (SSSR count). The van der Waals surface area contributed by atoms with E-state index in [2.05, 4.69) is 31.4 Å². The summed E-state index contributed by atoms with van der Waals surface area (Å²) >= 11 is 0. The molecular formula is C21H36N2O2. The number of ether oxygens (including phenoxy) is 1. The molecule has 1 saturated heterocycles. The van der Waals surface area contributed by atoms with Gasteiger partial charge in [0.25, 0.3) is 0 Å². The van der Waals surface area contributed by atoms with Crippen molar-refractivity contribution in [3.8, 4) is 0 Å². The van der Waals surface area contributed by atoms with Crippen molar-refractivity contribution < 1.29 is 9.53 Å². The van der Waals surface area contributed by atoms with Crippen LogP contribution < -0.4 is 10.6 Å². The van der Waals surface area contributed by atoms with Gasteiger partial charge in [-0.25, -0.2) is 4.79 Å². The molecule has 2 atom stereocenters. The highest BCUT2D eigenvalue weighted by atomic mass is 16.5. The predicted molar refractivity (Wildman–Crippen MR) is 99.4 cm³/mol. The van der Waals surface area contributed by atoms with E-state index in [1.54, 1.807) is 0 Å². The van der Waals surface area contributed by atoms with Gasteiger partial charge in [-0.2, -0.15) is 0 Å². The Kier molecular flexibility index (Phi) is 4.54. The highest BCUT2D eigenvalue weighted by Gasteiger charge is 2.51. The lowest BCUT2D eigenvalue weighted by atomic mass is 9.53. The first kappa shape index (κ1) is 17.6. The maximum atomic E-state index is 12.7. The van der Waals surface area contributed by atoms with Crippen molar-refractivity contribution in [2.75, 3.05) is 13.2 Å². The lowest BCUT2D eigenvalue weighted by Gasteiger charge is -2.56. The molecule has 0 spiro atoms. The predicted octanol–water partition coefficient (Wildman–Crippen LogP) is 4.10. The zero-order valence-corrected chi connectivity index (χ0v) is 16.3. The van der Waals surface area contributed by atoms with E-state index >= 15 is 0 Å². The Morgan fingerprint density at radius 3 is 2.24 bits per heavy atom. The normalized spacial score (nSPS) is 43.1. The van der Waals surface area contributed by atoms with Gasteiger partial charge in [0.2, 0.25) is 0 Å². The highest BCUT2D eigenvalue weighted by molar-refractivity contribution is 5.74. The Morgan fingerprint density at radius 1 is 1.08 bits per heavy atom. The molecule has 1 heterocycles. The van der Waals surface area contributed by atoms with E-state index < -0.39 is 0 Å². The van der Waals surface area contributed by atoms with Gasteiger partial charge in [-0.05, 0) is 74.5 Å². The maximum Gasteiger partial charge on any atom is 0.315 e. The largest absolute Gasteiger partial charge is 0.377 e. The fourth-order valence-corrected chi connectivity index (χ4v) is 6.78. The van der Waals surface area contributed by atoms with E-state index in [4.69, 9.17) is 4.74 Å². The molecule has 4 heteroatoms. The first-order valence-electron chi connectivity index (χ1n) is 10.5. The van der Waals surface area contributed by atoms with E-state index in [0.717, 1.165) is 43.7 Å². The summed E-state index contributed by atoms with van der Waals surface area (Å²) in [6.45, 7) is 8.32. The van der Waals surface area contributed by atoms with E-state index in [9.17, 15) is 4.79 Å². The summed E-state index contributed by atoms with van der Waals surface area (Å²) in [4.78, 5) is 12.7. The zero-order chi connectivity index (χ0) is 17.7. The van der Waals surface area contributed by atoms with Crippen LogP contribution in [0.5, 0.6) is 0 Å². The Morgan fingerprint density at radius 2 is 1.68 bits per heavy atom. The molecule has 25 heavy (non-hydrogen) atoms. The number of urea groups is 1. The van der Waals surface area contributed by atoms with E-state index in [1.165, 1.54) is 38.5 Å². The molecular weight excluding hydrogens is 312 g/mol. The molecule has 2 N–H and O–H groups in total. The Bertz CT molecular complexity index is 475. The van der Waals surface area contributed by atoms with Crippen LogP contribution in [-0.4, -0.2) is 30.8 Å². The van der Waals surface area contributed by atoms with Crippen LogP contribution in [0.3, 0.4) is 0 Å². The molecule has 0 radical (unpaired) electrons. The number of hydrogen-bond donors (Lipinski definition) is 2. The number of rotatable bonds is 3. The molecule has 0 unspecified atom stereocenters. The van der Waals surface area contributed by atoms with Crippen molar-refractivity contribution in [2.45, 2.75) is 83.8 Å². The lowest BCUT2D eigenvalue weighted by Crippen LogP contribution is -2.61. The molecule has 4 aliphatic carbocycles. The Labute approximate surface area is 152 Å². The minimum absolute atomic E-state index is 0.0557. The average molecular weight is 349 g/mol. The van der Waals surface area contributed by atoms with E-state index in [1.807, 2.05) is 0 Å². The Balaban J connectivity index is 1.32. The average Bonchev–Trinajstić information content (AvgIpc) is 2.50. The van der Waals surface area contributed by atoms with Crippen LogP contribution in [-0.2, 0) is 4.74 Å². The monoisotopic (exact) mass is 348 g/mol. The maximum absolute atomic E-state index is 12.7. The third-order valence-corrected chi connectivity index (χ3v) is 7.24. The van der Waals surface area contributed by atoms with Crippen molar-refractivity contribution in [1.29, 1.82) is 0 Å². The summed E-state index contributed by atoms with van der Waals surface area (Å²) in [5, 5.41) is 6.63. The van der Waals surface area contributed by atoms with Crippen molar-refractivity contribution in [1.82, 2.24) is 10.6 Å². The van der Waals surface area contributed by atoms with Gasteiger partial charge in [0.05, 0.1) is 6.10 Å². The van der Waals surface area contributed by atoms with Crippen LogP contribution in [0.2, 0.25) is 0 Å². The molecule has 5 aliphatic rings. The summed E-state index contributed by atoms with van der Waals surface area (Å²) in [7, 11) is 0. The summed E-state index contributed by atoms with van der Waals surface area (Å²) in [5.41, 5.74) is 0.231. The molecule has 0 aromatic carbocycles. The van der Waals surface area contributed by atoms with Gasteiger partial charge >= 0.3 is 6.03 Å². The van der Waals surface area contributed by atoms with Crippen LogP contribution in [0.1, 0.15) is 72.1 Å². The first-order valence-corrected chi connectivity index (χ1v) is 10.5. The Hall–Kier alpha value is -0.770. The van der Waals surface area contributed by atoms with Crippen LogP contribution in [0.15, 0.2) is 0 Å². The summed E-state index contributed by atoms with van der Waals surface area (Å²) in [5.74, 6) is 3.02. The molecule has 4 nitrogen and oxygen atoms in total. The second-order valence-corrected chi connectivity index (χ2v) is 10.6. The van der Waals surface area contributed by atoms with Crippen LogP contribution in [0.4, 0.5) is 4.79 Å². The molecule has 0 aromatic rings. The smallest absolute Gasteiger partial charge is 0.315 e. The van der Waals surface area contributed by atoms with Crippen LogP contribution in [0.25, 0.3) is 0 Å². The fourth-order valence-electron chi connectivity index (χ4n) is 6.78. The minimum Gasteiger partial charge on any atom is -0.377 e. The molecule has 1 aliphatic heterocycles. The van der Waals surface area contributed by atoms with Gasteiger partial charge < -0.3 is 15.4 Å². The topological polar surface area (TPSA) is 50.4 Å². The van der Waals surface area contributed by atoms with Crippen LogP contribution in [0, 0.1) is 29.1 Å². The number of hydrogen-bond acceptors (Lipinski definition) is 2. The van der Waals surface area contributed by atoms with Gasteiger partial charge in [0.15, 0.2) is 0 Å². The van der Waals surface area contributed by atoms with Gasteiger partial charge in [-0.3, -0.25) is 0 Å². The first-order chi connectivity index (χ1) is 11.8. The fraction of sp³-hybridized carbons (Fsp3) is 0.952. The second-order valence-electron chi connectivity index (χ2n) is 10.6. The second kappa shape index (κ2) is 6.44. The van der Waals surface area contributed by atoms with Gasteiger partial charge in [0, 0.05) is 24.6 Å². The number of amides is 2. The van der Waals surface area contributed by atoms with Crippen molar-refractivity contribution in [2.24, 2.45) is 29.1 Å². The minimum atomic E-state index is 0.0557. The quantitative estimate of drug-likeness (QED) is 0.807. The van der Waals surface area contributed by atoms with Gasteiger partial charge in [0.1, 0.15) is 0 Å². The summed E-state index contributed by atoms with van der Waals surface area (Å²) in [6.07, 6.45) is 10.4. The molecule has 2 amide bonds. The molecule has 142 valence electrons. The number of carbonyl (C=O) groups excluding carboxylic acids is 1. The molecule has 5 fully saturated rings. The molecule has 4 bridgehead atoms. The van der Waals surface area contributed by atoms with E-state index in [-0.39, 0.29) is 23.1 Å². The number of carbonyl (C=O) groups is 1. The number of nitrogens with one attached hydrogen (secondary N) is 2. The van der Waals surface area contributed by atoms with Crippen LogP contribution >= 0.6 is 0 Å². The standard InChI is InChI=1S/C21H36N2O2/c1-20(2,3)18-17(5-4-6-25-18)13-22-19(24)23-21-10-14-7-15(11-21)9-16(8-14)12-21/h14-18H,4-13H2,1-3H3,(H2,22,23,24)/t14?,15?,16?,17-,18-,21?/m0/s1. The molecule has 0 aromatic heterocycles.